The van der Waals surface area contributed by atoms with Crippen molar-refractivity contribution in [3.8, 4) is 11.5 Å². The average Bonchev–Trinajstić information content (AvgIpc) is 3.36. The smallest absolute Gasteiger partial charge is 0.276 e. The monoisotopic (exact) mass is 440 g/mol. The lowest BCUT2D eigenvalue weighted by Gasteiger charge is -2.05. The van der Waals surface area contributed by atoms with Crippen LogP contribution in [0.3, 0.4) is 0 Å². The summed E-state index contributed by atoms with van der Waals surface area (Å²) in [5.41, 5.74) is 2.02. The highest BCUT2D eigenvalue weighted by atomic mass is 32.1. The molecule has 154 valence electrons. The number of carbonyl (C=O) groups is 1. The first-order valence-corrected chi connectivity index (χ1v) is 11.1. The van der Waals surface area contributed by atoms with Gasteiger partial charge in [0.05, 0.1) is 23.4 Å². The van der Waals surface area contributed by atoms with Crippen LogP contribution in [0.4, 0.5) is 16.0 Å². The first kappa shape index (κ1) is 20.1. The fraction of sp³-hybridized carbons (Fsp3) is 0.190. The van der Waals surface area contributed by atoms with Crippen molar-refractivity contribution in [2.45, 2.75) is 13.8 Å². The minimum atomic E-state index is -0.296. The van der Waals surface area contributed by atoms with Gasteiger partial charge < -0.3 is 14.8 Å². The van der Waals surface area contributed by atoms with Gasteiger partial charge in [0, 0.05) is 11.1 Å². The summed E-state index contributed by atoms with van der Waals surface area (Å²) in [7, 11) is 0. The van der Waals surface area contributed by atoms with Gasteiger partial charge in [0.25, 0.3) is 5.91 Å². The van der Waals surface area contributed by atoms with Crippen molar-refractivity contribution in [1.82, 2.24) is 9.97 Å². The number of aromatic nitrogens is 2. The summed E-state index contributed by atoms with van der Waals surface area (Å²) in [6.07, 6.45) is 0. The number of fused-ring (bicyclic) bond motifs is 1. The van der Waals surface area contributed by atoms with Gasteiger partial charge in [-0.15, -0.1) is 11.3 Å². The highest BCUT2D eigenvalue weighted by Gasteiger charge is 2.14. The van der Waals surface area contributed by atoms with E-state index in [1.807, 2.05) is 56.3 Å². The third-order valence-corrected chi connectivity index (χ3v) is 5.74. The van der Waals surface area contributed by atoms with Gasteiger partial charge >= 0.3 is 0 Å². The molecule has 0 aliphatic carbocycles. The molecule has 7 nitrogen and oxygen atoms in total. The summed E-state index contributed by atoms with van der Waals surface area (Å²) in [4.78, 5) is 21.4. The highest BCUT2D eigenvalue weighted by molar-refractivity contribution is 7.22. The molecule has 9 heteroatoms. The van der Waals surface area contributed by atoms with E-state index in [1.165, 1.54) is 22.7 Å². The molecule has 0 bridgehead atoms. The number of thiazole rings is 2. The molecule has 0 fully saturated rings. The molecule has 0 spiro atoms. The summed E-state index contributed by atoms with van der Waals surface area (Å²) in [6.45, 7) is 5.11. The Morgan fingerprint density at radius 3 is 2.47 bits per heavy atom. The van der Waals surface area contributed by atoms with Gasteiger partial charge in [-0.2, -0.15) is 0 Å². The molecular formula is C21H20N4O3S2. The second-order valence-electron chi connectivity index (χ2n) is 6.16. The Balaban J connectivity index is 1.41. The van der Waals surface area contributed by atoms with Crippen molar-refractivity contribution < 1.29 is 14.3 Å². The predicted molar refractivity (Wildman–Crippen MR) is 122 cm³/mol. The van der Waals surface area contributed by atoms with Crippen LogP contribution in [0.15, 0.2) is 47.8 Å². The molecule has 30 heavy (non-hydrogen) atoms. The van der Waals surface area contributed by atoms with Crippen LogP contribution in [-0.2, 0) is 0 Å². The van der Waals surface area contributed by atoms with Crippen LogP contribution in [0.2, 0.25) is 0 Å². The Morgan fingerprint density at radius 1 is 0.967 bits per heavy atom. The zero-order valence-electron chi connectivity index (χ0n) is 16.5. The van der Waals surface area contributed by atoms with Crippen molar-refractivity contribution in [1.29, 1.82) is 0 Å². The number of hydrogen-bond acceptors (Lipinski definition) is 8. The SMILES string of the molecule is CCOc1ccc(Nc2nc(C(=O)Nc3nc4ccc(OCC)cc4s3)cs2)cc1. The van der Waals surface area contributed by atoms with Crippen molar-refractivity contribution in [2.24, 2.45) is 0 Å². The largest absolute Gasteiger partial charge is 0.494 e. The normalized spacial score (nSPS) is 10.7. The number of anilines is 3. The Kier molecular flexibility index (Phi) is 6.10. The Bertz CT molecular complexity index is 1150. The summed E-state index contributed by atoms with van der Waals surface area (Å²) in [6, 6.07) is 13.3. The molecule has 0 unspecified atom stereocenters. The molecule has 2 aromatic carbocycles. The third-order valence-electron chi connectivity index (χ3n) is 4.04. The topological polar surface area (TPSA) is 85.4 Å². The standard InChI is InChI=1S/C21H20N4O3S2/c1-3-27-14-7-5-13(6-8-14)22-20-24-17(12-29-20)19(26)25-21-23-16-10-9-15(28-4-2)11-18(16)30-21/h5-12H,3-4H2,1-2H3,(H,22,24)(H,23,25,26). The molecule has 0 atom stereocenters. The van der Waals surface area contributed by atoms with Crippen LogP contribution in [0.25, 0.3) is 10.2 Å². The zero-order valence-corrected chi connectivity index (χ0v) is 18.1. The first-order valence-electron chi connectivity index (χ1n) is 9.44. The highest BCUT2D eigenvalue weighted by Crippen LogP contribution is 2.30. The van der Waals surface area contributed by atoms with Crippen LogP contribution in [0.5, 0.6) is 11.5 Å². The Labute approximate surface area is 181 Å². The van der Waals surface area contributed by atoms with Crippen molar-refractivity contribution >= 4 is 54.7 Å². The maximum atomic E-state index is 12.6. The van der Waals surface area contributed by atoms with E-state index < -0.39 is 0 Å². The zero-order chi connectivity index (χ0) is 20.9. The fourth-order valence-corrected chi connectivity index (χ4v) is 4.34. The molecule has 2 N–H and O–H groups in total. The number of benzene rings is 2. The second kappa shape index (κ2) is 9.10. The molecular weight excluding hydrogens is 420 g/mol. The number of nitrogens with one attached hydrogen (secondary N) is 2. The number of rotatable bonds is 8. The minimum Gasteiger partial charge on any atom is -0.494 e. The van der Waals surface area contributed by atoms with Crippen molar-refractivity contribution in [2.75, 3.05) is 23.8 Å². The Morgan fingerprint density at radius 2 is 1.70 bits per heavy atom. The number of ether oxygens (including phenoxy) is 2. The second-order valence-corrected chi connectivity index (χ2v) is 8.04. The van der Waals surface area contributed by atoms with Crippen LogP contribution in [-0.4, -0.2) is 29.1 Å². The average molecular weight is 441 g/mol. The lowest BCUT2D eigenvalue weighted by Crippen LogP contribution is -2.12. The predicted octanol–water partition coefficient (Wildman–Crippen LogP) is 5.55. The number of carbonyl (C=O) groups excluding carboxylic acids is 1. The molecule has 0 radical (unpaired) electrons. The maximum absolute atomic E-state index is 12.6. The number of hydrogen-bond donors (Lipinski definition) is 2. The van der Waals surface area contributed by atoms with Crippen molar-refractivity contribution in [3.05, 3.63) is 53.5 Å². The quantitative estimate of drug-likeness (QED) is 0.374. The molecule has 2 aromatic heterocycles. The van der Waals surface area contributed by atoms with Crippen LogP contribution >= 0.6 is 22.7 Å². The van der Waals surface area contributed by atoms with Gasteiger partial charge in [0.1, 0.15) is 17.2 Å². The molecule has 1 amide bonds. The number of amides is 1. The van der Waals surface area contributed by atoms with Gasteiger partial charge in [0.15, 0.2) is 10.3 Å². The van der Waals surface area contributed by atoms with Crippen LogP contribution in [0.1, 0.15) is 24.3 Å². The third kappa shape index (κ3) is 4.69. The van der Waals surface area contributed by atoms with Gasteiger partial charge in [-0.05, 0) is 56.3 Å². The molecule has 0 aliphatic rings. The molecule has 0 saturated heterocycles. The Hall–Kier alpha value is -3.17. The van der Waals surface area contributed by atoms with E-state index in [-0.39, 0.29) is 5.91 Å². The van der Waals surface area contributed by atoms with E-state index in [0.29, 0.717) is 29.2 Å². The fourth-order valence-electron chi connectivity index (χ4n) is 2.74. The van der Waals surface area contributed by atoms with E-state index in [0.717, 1.165) is 27.4 Å². The lowest BCUT2D eigenvalue weighted by atomic mass is 10.3. The van der Waals surface area contributed by atoms with Gasteiger partial charge in [-0.1, -0.05) is 11.3 Å². The lowest BCUT2D eigenvalue weighted by molar-refractivity contribution is 0.102. The molecule has 4 rings (SSSR count). The molecule has 0 aliphatic heterocycles. The van der Waals surface area contributed by atoms with Gasteiger partial charge in [-0.3, -0.25) is 10.1 Å². The van der Waals surface area contributed by atoms with Crippen LogP contribution in [0, 0.1) is 0 Å². The summed E-state index contributed by atoms with van der Waals surface area (Å²) < 4.78 is 11.9. The summed E-state index contributed by atoms with van der Waals surface area (Å²) >= 11 is 2.76. The number of nitrogens with zero attached hydrogens (tertiary/aromatic N) is 2. The summed E-state index contributed by atoms with van der Waals surface area (Å²) in [5, 5.41) is 8.90. The van der Waals surface area contributed by atoms with E-state index in [4.69, 9.17) is 9.47 Å². The summed E-state index contributed by atoms with van der Waals surface area (Å²) in [5.74, 6) is 1.30. The van der Waals surface area contributed by atoms with E-state index >= 15 is 0 Å². The molecule has 0 saturated carbocycles. The van der Waals surface area contributed by atoms with E-state index in [9.17, 15) is 4.79 Å². The minimum absolute atomic E-state index is 0.296. The molecule has 4 aromatic rings. The van der Waals surface area contributed by atoms with Crippen LogP contribution < -0.4 is 20.1 Å². The van der Waals surface area contributed by atoms with E-state index in [2.05, 4.69) is 20.6 Å². The molecule has 2 heterocycles. The van der Waals surface area contributed by atoms with E-state index in [1.54, 1.807) is 5.38 Å². The maximum Gasteiger partial charge on any atom is 0.276 e. The van der Waals surface area contributed by atoms with Gasteiger partial charge in [-0.25, -0.2) is 9.97 Å². The van der Waals surface area contributed by atoms with Crippen molar-refractivity contribution in [3.63, 3.8) is 0 Å². The first-order chi connectivity index (χ1) is 14.6. The van der Waals surface area contributed by atoms with Gasteiger partial charge in [0.2, 0.25) is 0 Å².